The van der Waals surface area contributed by atoms with Crippen LogP contribution < -0.4 is 5.32 Å². The van der Waals surface area contributed by atoms with E-state index in [0.717, 1.165) is 21.2 Å². The van der Waals surface area contributed by atoms with Crippen LogP contribution in [0, 0.1) is 11.8 Å². The maximum absolute atomic E-state index is 12.3. The number of sulfonamides is 1. The van der Waals surface area contributed by atoms with Gasteiger partial charge in [-0.05, 0) is 24.3 Å². The van der Waals surface area contributed by atoms with Crippen molar-refractivity contribution in [3.63, 3.8) is 0 Å². The lowest BCUT2D eigenvalue weighted by Gasteiger charge is -2.15. The highest BCUT2D eigenvalue weighted by molar-refractivity contribution is 7.91. The second-order valence-electron chi connectivity index (χ2n) is 4.76. The number of hydrogen-bond donors (Lipinski definition) is 1. The molecule has 1 amide bonds. The van der Waals surface area contributed by atoms with E-state index in [4.69, 9.17) is 11.6 Å². The molecule has 1 aromatic heterocycles. The largest absolute Gasteiger partial charge is 0.344 e. The molecule has 126 valence electrons. The lowest BCUT2D eigenvalue weighted by molar-refractivity contribution is -0.120. The molecule has 0 aliphatic rings. The molecule has 0 spiro atoms. The average Bonchev–Trinajstić information content (AvgIpc) is 3.00. The summed E-state index contributed by atoms with van der Waals surface area (Å²) in [6.45, 7) is -0.142. The summed E-state index contributed by atoms with van der Waals surface area (Å²) in [5.41, 5.74) is 0.848. The van der Waals surface area contributed by atoms with Crippen LogP contribution in [0.5, 0.6) is 0 Å². The second kappa shape index (κ2) is 8.31. The number of hydrogen-bond acceptors (Lipinski definition) is 4. The molecule has 0 bridgehead atoms. The number of likely N-dealkylation sites (N-methyl/N-ethyl adjacent to an activating group) is 1. The summed E-state index contributed by atoms with van der Waals surface area (Å²) in [7, 11) is -2.37. The number of thiophene rings is 1. The molecule has 0 radical (unpaired) electrons. The summed E-state index contributed by atoms with van der Waals surface area (Å²) < 4.78 is 26.0. The normalized spacial score (nSPS) is 11.0. The van der Waals surface area contributed by atoms with E-state index in [2.05, 4.69) is 17.2 Å². The van der Waals surface area contributed by atoms with E-state index in [9.17, 15) is 13.2 Å². The Morgan fingerprint density at radius 1 is 1.25 bits per heavy atom. The van der Waals surface area contributed by atoms with Crippen molar-refractivity contribution in [3.05, 3.63) is 52.4 Å². The van der Waals surface area contributed by atoms with Crippen LogP contribution in [-0.2, 0) is 14.8 Å². The van der Waals surface area contributed by atoms with Crippen LogP contribution in [0.25, 0.3) is 0 Å². The Balaban J connectivity index is 1.87. The Morgan fingerprint density at radius 3 is 2.58 bits per heavy atom. The van der Waals surface area contributed by atoms with Crippen molar-refractivity contribution in [2.45, 2.75) is 4.21 Å². The molecule has 0 fully saturated rings. The molecular formula is C16H15ClN2O3S2. The number of nitrogens with one attached hydrogen (secondary N) is 1. The average molecular weight is 383 g/mol. The predicted octanol–water partition coefficient (Wildman–Crippen LogP) is 2.19. The summed E-state index contributed by atoms with van der Waals surface area (Å²) in [5, 5.41) is 2.57. The highest BCUT2D eigenvalue weighted by Gasteiger charge is 2.24. The predicted molar refractivity (Wildman–Crippen MR) is 95.5 cm³/mol. The molecule has 0 aliphatic heterocycles. The molecule has 24 heavy (non-hydrogen) atoms. The zero-order chi connectivity index (χ0) is 17.6. The van der Waals surface area contributed by atoms with Crippen molar-refractivity contribution in [3.8, 4) is 11.8 Å². The number of halogens is 1. The molecule has 0 saturated heterocycles. The van der Waals surface area contributed by atoms with E-state index in [1.165, 1.54) is 19.2 Å². The van der Waals surface area contributed by atoms with E-state index in [0.29, 0.717) is 4.34 Å². The smallest absolute Gasteiger partial charge is 0.252 e. The Kier molecular flexibility index (Phi) is 6.40. The van der Waals surface area contributed by atoms with Gasteiger partial charge in [-0.15, -0.1) is 11.3 Å². The lowest BCUT2D eigenvalue weighted by atomic mass is 10.2. The minimum Gasteiger partial charge on any atom is -0.344 e. The van der Waals surface area contributed by atoms with Crippen LogP contribution in [0.2, 0.25) is 4.34 Å². The Labute approximate surface area is 150 Å². The number of amides is 1. The number of rotatable bonds is 5. The van der Waals surface area contributed by atoms with E-state index >= 15 is 0 Å². The molecule has 0 atom stereocenters. The van der Waals surface area contributed by atoms with Crippen molar-refractivity contribution >= 4 is 38.9 Å². The molecule has 0 aliphatic carbocycles. The maximum atomic E-state index is 12.3. The molecule has 0 unspecified atom stereocenters. The lowest BCUT2D eigenvalue weighted by Crippen LogP contribution is -2.38. The third-order valence-electron chi connectivity index (χ3n) is 2.96. The van der Waals surface area contributed by atoms with Crippen LogP contribution in [-0.4, -0.2) is 38.8 Å². The van der Waals surface area contributed by atoms with Crippen molar-refractivity contribution in [2.75, 3.05) is 20.1 Å². The Hall–Kier alpha value is -1.85. The van der Waals surface area contributed by atoms with E-state index in [1.54, 1.807) is 0 Å². The van der Waals surface area contributed by atoms with Crippen molar-refractivity contribution < 1.29 is 13.2 Å². The fourth-order valence-corrected chi connectivity index (χ4v) is 4.56. The molecule has 2 aromatic rings. The van der Waals surface area contributed by atoms with Crippen LogP contribution in [0.4, 0.5) is 0 Å². The monoisotopic (exact) mass is 382 g/mol. The van der Waals surface area contributed by atoms with Crippen LogP contribution >= 0.6 is 22.9 Å². The maximum Gasteiger partial charge on any atom is 0.252 e. The highest BCUT2D eigenvalue weighted by atomic mass is 35.5. The third kappa shape index (κ3) is 5.08. The van der Waals surface area contributed by atoms with E-state index in [-0.39, 0.29) is 17.3 Å². The van der Waals surface area contributed by atoms with Gasteiger partial charge in [0.15, 0.2) is 0 Å². The minimum atomic E-state index is -3.72. The number of nitrogens with zero attached hydrogens (tertiary/aromatic N) is 1. The quantitative estimate of drug-likeness (QED) is 0.806. The van der Waals surface area contributed by atoms with Crippen LogP contribution in [0.3, 0.4) is 0 Å². The van der Waals surface area contributed by atoms with Gasteiger partial charge in [-0.3, -0.25) is 4.79 Å². The molecule has 2 rings (SSSR count). The Morgan fingerprint density at radius 2 is 1.96 bits per heavy atom. The van der Waals surface area contributed by atoms with Crippen molar-refractivity contribution in [1.29, 1.82) is 0 Å². The van der Waals surface area contributed by atoms with Crippen molar-refractivity contribution in [1.82, 2.24) is 9.62 Å². The third-order valence-corrected chi connectivity index (χ3v) is 6.46. The number of carbonyl (C=O) groups is 1. The molecule has 8 heteroatoms. The zero-order valence-corrected chi connectivity index (χ0v) is 15.2. The molecule has 0 saturated carbocycles. The standard InChI is InChI=1S/C16H15ClN2O3S2/c1-19(24(21,22)16-10-9-14(17)23-16)12-15(20)18-11-5-8-13-6-3-2-4-7-13/h2-4,6-7,9-10H,11-12H2,1H3,(H,18,20). The van der Waals surface area contributed by atoms with Gasteiger partial charge in [0.2, 0.25) is 5.91 Å². The summed E-state index contributed by atoms with van der Waals surface area (Å²) in [4.78, 5) is 11.8. The topological polar surface area (TPSA) is 66.5 Å². The summed E-state index contributed by atoms with van der Waals surface area (Å²) >= 11 is 6.70. The minimum absolute atomic E-state index is 0.103. The molecule has 1 N–H and O–H groups in total. The van der Waals surface area contributed by atoms with Crippen LogP contribution in [0.1, 0.15) is 5.56 Å². The van der Waals surface area contributed by atoms with Gasteiger partial charge >= 0.3 is 0 Å². The van der Waals surface area contributed by atoms with E-state index < -0.39 is 15.9 Å². The fourth-order valence-electron chi connectivity index (χ4n) is 1.74. The van der Waals surface area contributed by atoms with Gasteiger partial charge in [-0.2, -0.15) is 4.31 Å². The summed E-state index contributed by atoms with van der Waals surface area (Å²) in [6.07, 6.45) is 0. The van der Waals surface area contributed by atoms with Gasteiger partial charge in [-0.1, -0.05) is 41.6 Å². The van der Waals surface area contributed by atoms with Gasteiger partial charge in [-0.25, -0.2) is 8.42 Å². The molecule has 1 heterocycles. The van der Waals surface area contributed by atoms with Gasteiger partial charge in [0.05, 0.1) is 17.4 Å². The van der Waals surface area contributed by atoms with Gasteiger partial charge in [0.25, 0.3) is 10.0 Å². The fraction of sp³-hybridized carbons (Fsp3) is 0.188. The first-order valence-corrected chi connectivity index (χ1v) is 9.55. The van der Waals surface area contributed by atoms with Gasteiger partial charge < -0.3 is 5.32 Å². The van der Waals surface area contributed by atoms with Crippen LogP contribution in [0.15, 0.2) is 46.7 Å². The Bertz CT molecular complexity index is 867. The first kappa shape index (κ1) is 18.5. The first-order valence-electron chi connectivity index (χ1n) is 6.92. The molecule has 1 aromatic carbocycles. The SMILES string of the molecule is CN(CC(=O)NCC#Cc1ccccc1)S(=O)(=O)c1ccc(Cl)s1. The van der Waals surface area contributed by atoms with E-state index in [1.807, 2.05) is 30.3 Å². The van der Waals surface area contributed by atoms with Gasteiger partial charge in [0.1, 0.15) is 4.21 Å². The number of benzene rings is 1. The first-order chi connectivity index (χ1) is 11.4. The number of carbonyl (C=O) groups excluding carboxylic acids is 1. The molecular weight excluding hydrogens is 368 g/mol. The molecule has 5 nitrogen and oxygen atoms in total. The second-order valence-corrected chi connectivity index (χ2v) is 8.75. The highest BCUT2D eigenvalue weighted by Crippen LogP contribution is 2.27. The summed E-state index contributed by atoms with van der Waals surface area (Å²) in [5.74, 6) is 5.29. The zero-order valence-electron chi connectivity index (χ0n) is 12.8. The van der Waals surface area contributed by atoms with Gasteiger partial charge in [0, 0.05) is 12.6 Å². The van der Waals surface area contributed by atoms with Crippen molar-refractivity contribution in [2.24, 2.45) is 0 Å². The summed E-state index contributed by atoms with van der Waals surface area (Å²) in [6, 6.07) is 12.3.